The summed E-state index contributed by atoms with van der Waals surface area (Å²) in [6.45, 7) is 0. The third-order valence-electron chi connectivity index (χ3n) is 6.38. The van der Waals surface area contributed by atoms with Gasteiger partial charge in [-0.3, -0.25) is 0 Å². The van der Waals surface area contributed by atoms with E-state index in [-0.39, 0.29) is 24.8 Å². The molecule has 0 N–H and O–H groups in total. The molecule has 1 saturated carbocycles. The van der Waals surface area contributed by atoms with Crippen LogP contribution in [0.2, 0.25) is 3.63 Å². The van der Waals surface area contributed by atoms with Crippen LogP contribution >= 0.6 is 0 Å². The zero-order chi connectivity index (χ0) is 18.8. The van der Waals surface area contributed by atoms with Gasteiger partial charge in [-0.25, -0.2) is 0 Å². The molecule has 3 heteroatoms. The van der Waals surface area contributed by atoms with Gasteiger partial charge in [-0.15, -0.1) is 0 Å². The summed E-state index contributed by atoms with van der Waals surface area (Å²) < 4.78 is 4.27. The Kier molecular flexibility index (Phi) is 8.46. The summed E-state index contributed by atoms with van der Waals surface area (Å²) in [6.07, 6.45) is 19.5. The Bertz CT molecular complexity index is 972. The minimum Gasteiger partial charge on any atom is -1.00 e. The van der Waals surface area contributed by atoms with E-state index >= 15 is 0 Å². The van der Waals surface area contributed by atoms with Crippen molar-refractivity contribution < 1.29 is 46.1 Å². The second-order valence-electron chi connectivity index (χ2n) is 8.00. The van der Waals surface area contributed by atoms with Crippen LogP contribution in [-0.2, 0) is 21.3 Å². The Morgan fingerprint density at radius 1 is 0.733 bits per heavy atom. The van der Waals surface area contributed by atoms with Crippen LogP contribution in [0.3, 0.4) is 0 Å². The van der Waals surface area contributed by atoms with E-state index in [2.05, 4.69) is 97.1 Å². The molecule has 2 aromatic carbocycles. The number of benzene rings is 2. The molecule has 152 valence electrons. The Labute approximate surface area is 200 Å². The van der Waals surface area contributed by atoms with Gasteiger partial charge in [-0.2, -0.15) is 0 Å². The Morgan fingerprint density at radius 2 is 1.37 bits per heavy atom. The summed E-state index contributed by atoms with van der Waals surface area (Å²) in [5.41, 5.74) is 4.67. The third-order valence-corrected chi connectivity index (χ3v) is 15.0. The Balaban J connectivity index is 0.00000128. The summed E-state index contributed by atoms with van der Waals surface area (Å²) in [7, 11) is 0. The van der Waals surface area contributed by atoms with Crippen molar-refractivity contribution in [3.05, 3.63) is 117 Å². The fourth-order valence-corrected chi connectivity index (χ4v) is 14.5. The van der Waals surface area contributed by atoms with Crippen LogP contribution in [0.5, 0.6) is 0 Å². The van der Waals surface area contributed by atoms with Crippen molar-refractivity contribution in [2.75, 3.05) is 0 Å². The quantitative estimate of drug-likeness (QED) is 0.569. The molecular weight excluding hydrogens is 486 g/mol. The van der Waals surface area contributed by atoms with Crippen LogP contribution in [-0.4, -0.2) is 3.21 Å². The number of hydrogen-bond donors (Lipinski definition) is 0. The van der Waals surface area contributed by atoms with Crippen LogP contribution in [0.1, 0.15) is 36.8 Å². The molecule has 0 nitrogen and oxygen atoms in total. The normalized spacial score (nSPS) is 20.8. The van der Waals surface area contributed by atoms with Crippen molar-refractivity contribution >= 4 is 3.21 Å². The summed E-state index contributed by atoms with van der Waals surface area (Å²) in [6, 6.07) is 22.5. The smallest absolute Gasteiger partial charge is 1.00 e. The Hall–Kier alpha value is -1.27. The van der Waals surface area contributed by atoms with Crippen molar-refractivity contribution in [1.82, 2.24) is 0 Å². The van der Waals surface area contributed by atoms with Crippen LogP contribution < -0.4 is 24.8 Å². The number of halogens is 2. The first-order valence-corrected chi connectivity index (χ1v) is 14.4. The molecule has 0 bridgehead atoms. The summed E-state index contributed by atoms with van der Waals surface area (Å²) in [4.78, 5) is 0. The van der Waals surface area contributed by atoms with Gasteiger partial charge in [0.2, 0.25) is 0 Å². The topological polar surface area (TPSA) is 0 Å². The largest absolute Gasteiger partial charge is 1.00 e. The second kappa shape index (κ2) is 10.9. The molecular formula is C27H26Cl2Zr. The molecule has 0 aromatic heterocycles. The van der Waals surface area contributed by atoms with Gasteiger partial charge in [0, 0.05) is 0 Å². The van der Waals surface area contributed by atoms with Crippen molar-refractivity contribution in [2.45, 2.75) is 29.3 Å². The summed E-state index contributed by atoms with van der Waals surface area (Å²) in [5.74, 6) is 0.799. The van der Waals surface area contributed by atoms with E-state index in [1.807, 2.05) is 0 Å². The SMILES string of the molecule is C1=CC[C]([Zr+2](=[C](c2ccccc2)c2ccccc2)[CH]2CCC3CC=CC=C32)=C1.[Cl-].[Cl-]. The van der Waals surface area contributed by atoms with Crippen molar-refractivity contribution in [3.8, 4) is 0 Å². The molecule has 2 unspecified atom stereocenters. The molecule has 3 aliphatic carbocycles. The van der Waals surface area contributed by atoms with Crippen LogP contribution in [0.4, 0.5) is 0 Å². The molecule has 0 heterocycles. The molecule has 2 aromatic rings. The van der Waals surface area contributed by atoms with Crippen LogP contribution in [0, 0.1) is 5.92 Å². The third kappa shape index (κ3) is 4.65. The standard InChI is InChI=1S/C13H10.C9H11.C5H5.2ClH.Zr/c1-3-7-12(8-4-1)11-13-9-5-2-6-10-13;1-2-5-9-7-3-6-8(9)4-1;1-2-4-5-3-1;;;/h1-10H;1-2,4,6,9H,3,5,7H2;1-3H,4H2;2*1H;/q;;;;;+2/p-2. The van der Waals surface area contributed by atoms with Gasteiger partial charge < -0.3 is 24.8 Å². The maximum Gasteiger partial charge on any atom is -1.00 e. The molecule has 0 amide bonds. The fourth-order valence-electron chi connectivity index (χ4n) is 5.12. The number of rotatable bonds is 4. The first-order chi connectivity index (χ1) is 13.9. The van der Waals surface area contributed by atoms with Crippen molar-refractivity contribution in [1.29, 1.82) is 0 Å². The van der Waals surface area contributed by atoms with Gasteiger partial charge in [0.25, 0.3) is 0 Å². The van der Waals surface area contributed by atoms with Gasteiger partial charge in [0.05, 0.1) is 0 Å². The second-order valence-corrected chi connectivity index (χ2v) is 14.6. The minimum absolute atomic E-state index is 0. The molecule has 0 aliphatic heterocycles. The van der Waals surface area contributed by atoms with E-state index in [1.54, 1.807) is 12.1 Å². The summed E-state index contributed by atoms with van der Waals surface area (Å²) in [5, 5.41) is 0. The van der Waals surface area contributed by atoms with Gasteiger partial charge in [-0.1, -0.05) is 0 Å². The minimum atomic E-state index is -2.15. The van der Waals surface area contributed by atoms with Crippen LogP contribution in [0.25, 0.3) is 0 Å². The van der Waals surface area contributed by atoms with E-state index < -0.39 is 21.3 Å². The van der Waals surface area contributed by atoms with Gasteiger partial charge in [-0.05, 0) is 0 Å². The maximum absolute atomic E-state index is 2.48. The van der Waals surface area contributed by atoms with Gasteiger partial charge in [0.1, 0.15) is 0 Å². The molecule has 5 rings (SSSR count). The molecule has 0 saturated heterocycles. The van der Waals surface area contributed by atoms with Gasteiger partial charge >= 0.3 is 177 Å². The first kappa shape index (κ1) is 23.4. The first-order valence-electron chi connectivity index (χ1n) is 10.5. The van der Waals surface area contributed by atoms with Crippen LogP contribution in [0.15, 0.2) is 106 Å². The van der Waals surface area contributed by atoms with Crippen molar-refractivity contribution in [2.24, 2.45) is 5.92 Å². The molecule has 3 aliphatic rings. The van der Waals surface area contributed by atoms with E-state index in [1.165, 1.54) is 36.8 Å². The van der Waals surface area contributed by atoms with E-state index in [0.717, 1.165) is 9.54 Å². The predicted octanol–water partition coefficient (Wildman–Crippen LogP) is 0.810. The number of allylic oxidation sites excluding steroid dienone is 8. The number of hydrogen-bond acceptors (Lipinski definition) is 0. The molecule has 30 heavy (non-hydrogen) atoms. The average molecular weight is 513 g/mol. The monoisotopic (exact) mass is 510 g/mol. The molecule has 1 fully saturated rings. The van der Waals surface area contributed by atoms with E-state index in [9.17, 15) is 0 Å². The molecule has 0 radical (unpaired) electrons. The fraction of sp³-hybridized carbons (Fsp3) is 0.222. The molecule has 0 spiro atoms. The number of fused-ring (bicyclic) bond motifs is 1. The average Bonchev–Trinajstić information content (AvgIpc) is 3.44. The zero-order valence-corrected chi connectivity index (χ0v) is 20.9. The molecule has 2 atom stereocenters. The maximum atomic E-state index is 2.48. The van der Waals surface area contributed by atoms with Gasteiger partial charge in [0.15, 0.2) is 0 Å². The predicted molar refractivity (Wildman–Crippen MR) is 116 cm³/mol. The van der Waals surface area contributed by atoms with E-state index in [4.69, 9.17) is 0 Å². The zero-order valence-electron chi connectivity index (χ0n) is 17.0. The summed E-state index contributed by atoms with van der Waals surface area (Å²) >= 11 is -2.15. The van der Waals surface area contributed by atoms with Crippen molar-refractivity contribution in [3.63, 3.8) is 0 Å². The Morgan fingerprint density at radius 3 is 1.97 bits per heavy atom. The van der Waals surface area contributed by atoms with E-state index in [0.29, 0.717) is 0 Å².